The maximum atomic E-state index is 11.5. The summed E-state index contributed by atoms with van der Waals surface area (Å²) in [5.41, 5.74) is 0. The lowest BCUT2D eigenvalue weighted by Crippen LogP contribution is -2.28. The van der Waals surface area contributed by atoms with Gasteiger partial charge in [-0.25, -0.2) is 0 Å². The molecule has 0 saturated heterocycles. The number of methoxy groups -OCH3 is 1. The van der Waals surface area contributed by atoms with E-state index in [0.29, 0.717) is 0 Å². The molecule has 2 aliphatic carbocycles. The smallest absolute Gasteiger partial charge is 0.308 e. The first kappa shape index (κ1) is 15.5. The highest BCUT2D eigenvalue weighted by Gasteiger charge is 2.33. The zero-order chi connectivity index (χ0) is 14.4. The first-order valence-electron chi connectivity index (χ1n) is 8.26. The van der Waals surface area contributed by atoms with Crippen LogP contribution >= 0.6 is 0 Å². The van der Waals surface area contributed by atoms with E-state index in [9.17, 15) is 9.59 Å². The summed E-state index contributed by atoms with van der Waals surface area (Å²) in [4.78, 5) is 22.0. The molecule has 0 aromatic carbocycles. The average molecular weight is 280 g/mol. The Bertz CT molecular complexity index is 310. The quantitative estimate of drug-likeness (QED) is 0.569. The van der Waals surface area contributed by atoms with Crippen molar-refractivity contribution in [1.29, 1.82) is 0 Å². The molecular weight excluding hydrogens is 252 g/mol. The van der Waals surface area contributed by atoms with Crippen LogP contribution in [0.1, 0.15) is 64.2 Å². The first-order chi connectivity index (χ1) is 9.74. The summed E-state index contributed by atoms with van der Waals surface area (Å²) >= 11 is 0. The molecule has 20 heavy (non-hydrogen) atoms. The van der Waals surface area contributed by atoms with Crippen LogP contribution in [0, 0.1) is 23.7 Å². The van der Waals surface area contributed by atoms with Crippen molar-refractivity contribution in [3.05, 3.63) is 0 Å². The van der Waals surface area contributed by atoms with Crippen molar-refractivity contribution in [3.63, 3.8) is 0 Å². The maximum Gasteiger partial charge on any atom is 0.308 e. The molecule has 3 heteroatoms. The molecule has 2 aliphatic rings. The minimum absolute atomic E-state index is 0.0129. The number of rotatable bonds is 5. The zero-order valence-electron chi connectivity index (χ0n) is 12.7. The van der Waals surface area contributed by atoms with E-state index in [0.717, 1.165) is 49.7 Å². The topological polar surface area (TPSA) is 43.4 Å². The maximum absolute atomic E-state index is 11.5. The Morgan fingerprint density at radius 2 is 1.55 bits per heavy atom. The Morgan fingerprint density at radius 3 is 2.05 bits per heavy atom. The highest BCUT2D eigenvalue weighted by atomic mass is 16.5. The minimum atomic E-state index is -0.0129. The van der Waals surface area contributed by atoms with Gasteiger partial charge in [0.05, 0.1) is 13.0 Å². The van der Waals surface area contributed by atoms with E-state index in [1.54, 1.807) is 0 Å². The summed E-state index contributed by atoms with van der Waals surface area (Å²) in [5.74, 6) is 2.60. The molecule has 0 radical (unpaired) electrons. The van der Waals surface area contributed by atoms with Crippen LogP contribution in [0.4, 0.5) is 0 Å². The number of carbonyl (C=O) groups excluding carboxylic acids is 2. The average Bonchev–Trinajstić information content (AvgIpc) is 2.53. The van der Waals surface area contributed by atoms with Crippen LogP contribution in [0.5, 0.6) is 0 Å². The molecule has 0 atom stereocenters. The second-order valence-corrected chi connectivity index (χ2v) is 6.66. The molecular formula is C17H28O3. The third kappa shape index (κ3) is 4.07. The molecule has 3 nitrogen and oxygen atoms in total. The summed E-state index contributed by atoms with van der Waals surface area (Å²) in [5, 5.41) is 0. The van der Waals surface area contributed by atoms with Crippen LogP contribution in [-0.4, -0.2) is 19.4 Å². The van der Waals surface area contributed by atoms with Crippen LogP contribution in [0.15, 0.2) is 0 Å². The molecule has 0 aromatic heterocycles. The second-order valence-electron chi connectivity index (χ2n) is 6.66. The van der Waals surface area contributed by atoms with Crippen LogP contribution in [-0.2, 0) is 14.3 Å². The highest BCUT2D eigenvalue weighted by Crippen LogP contribution is 2.42. The van der Waals surface area contributed by atoms with Crippen molar-refractivity contribution in [3.8, 4) is 0 Å². The number of ether oxygens (including phenoxy) is 1. The minimum Gasteiger partial charge on any atom is -0.469 e. The third-order valence-corrected chi connectivity index (χ3v) is 5.56. The summed E-state index contributed by atoms with van der Waals surface area (Å²) in [6.07, 6.45) is 12.6. The molecule has 0 N–H and O–H groups in total. The van der Waals surface area contributed by atoms with Gasteiger partial charge in [-0.15, -0.1) is 0 Å². The lowest BCUT2D eigenvalue weighted by atomic mass is 9.69. The number of aldehydes is 1. The van der Waals surface area contributed by atoms with E-state index < -0.39 is 0 Å². The van der Waals surface area contributed by atoms with Gasteiger partial charge in [0.1, 0.15) is 6.29 Å². The second kappa shape index (κ2) is 7.80. The summed E-state index contributed by atoms with van der Waals surface area (Å²) in [6.45, 7) is 0. The van der Waals surface area contributed by atoms with Gasteiger partial charge in [-0.05, 0) is 62.7 Å². The van der Waals surface area contributed by atoms with E-state index in [2.05, 4.69) is 0 Å². The van der Waals surface area contributed by atoms with Gasteiger partial charge in [0, 0.05) is 6.42 Å². The molecule has 114 valence electrons. The molecule has 2 rings (SSSR count). The molecule has 2 saturated carbocycles. The van der Waals surface area contributed by atoms with Crippen LogP contribution in [0.3, 0.4) is 0 Å². The molecule has 0 aliphatic heterocycles. The first-order valence-corrected chi connectivity index (χ1v) is 8.26. The van der Waals surface area contributed by atoms with Gasteiger partial charge in [-0.2, -0.15) is 0 Å². The Balaban J connectivity index is 1.70. The fourth-order valence-corrected chi connectivity index (χ4v) is 4.25. The third-order valence-electron chi connectivity index (χ3n) is 5.56. The van der Waals surface area contributed by atoms with Crippen LogP contribution in [0.2, 0.25) is 0 Å². The summed E-state index contributed by atoms with van der Waals surface area (Å²) in [7, 11) is 1.50. The Kier molecular flexibility index (Phi) is 6.06. The molecule has 0 bridgehead atoms. The predicted molar refractivity (Wildman–Crippen MR) is 78.2 cm³/mol. The van der Waals surface area contributed by atoms with Crippen molar-refractivity contribution < 1.29 is 14.3 Å². The van der Waals surface area contributed by atoms with Crippen molar-refractivity contribution in [2.45, 2.75) is 64.2 Å². The van der Waals surface area contributed by atoms with Crippen LogP contribution in [0.25, 0.3) is 0 Å². The highest BCUT2D eigenvalue weighted by molar-refractivity contribution is 5.72. The fourth-order valence-electron chi connectivity index (χ4n) is 4.25. The molecule has 0 heterocycles. The molecule has 0 amide bonds. The molecule has 0 unspecified atom stereocenters. The largest absolute Gasteiger partial charge is 0.469 e. The van der Waals surface area contributed by atoms with E-state index in [1.165, 1.54) is 45.6 Å². The van der Waals surface area contributed by atoms with E-state index in [4.69, 9.17) is 4.74 Å². The SMILES string of the molecule is COC(=O)[C@H]1CC[C@H]([C@H]2CC[C@H](CCC=O)CC2)CC1. The van der Waals surface area contributed by atoms with Gasteiger partial charge < -0.3 is 9.53 Å². The van der Waals surface area contributed by atoms with Gasteiger partial charge in [-0.3, -0.25) is 4.79 Å². The number of hydrogen-bond acceptors (Lipinski definition) is 3. The summed E-state index contributed by atoms with van der Waals surface area (Å²) < 4.78 is 4.85. The van der Waals surface area contributed by atoms with Crippen LogP contribution < -0.4 is 0 Å². The van der Waals surface area contributed by atoms with Gasteiger partial charge >= 0.3 is 5.97 Å². The van der Waals surface area contributed by atoms with Gasteiger partial charge in [0.25, 0.3) is 0 Å². The zero-order valence-corrected chi connectivity index (χ0v) is 12.7. The van der Waals surface area contributed by atoms with Crippen molar-refractivity contribution >= 4 is 12.3 Å². The van der Waals surface area contributed by atoms with Crippen molar-refractivity contribution in [1.82, 2.24) is 0 Å². The number of carbonyl (C=O) groups is 2. The van der Waals surface area contributed by atoms with Crippen molar-refractivity contribution in [2.24, 2.45) is 23.7 Å². The lowest BCUT2D eigenvalue weighted by Gasteiger charge is -2.37. The molecule has 0 spiro atoms. The molecule has 2 fully saturated rings. The van der Waals surface area contributed by atoms with Crippen molar-refractivity contribution in [2.75, 3.05) is 7.11 Å². The van der Waals surface area contributed by atoms with Gasteiger partial charge in [0.2, 0.25) is 0 Å². The van der Waals surface area contributed by atoms with E-state index in [-0.39, 0.29) is 11.9 Å². The fraction of sp³-hybridized carbons (Fsp3) is 0.882. The standard InChI is InChI=1S/C17H28O3/c1-20-17(19)16-10-8-15(9-11-16)14-6-4-13(5-7-14)3-2-12-18/h12-16H,2-11H2,1H3/t13-,14-,15-,16-. The van der Waals surface area contributed by atoms with E-state index in [1.807, 2.05) is 0 Å². The Morgan fingerprint density at radius 1 is 1.00 bits per heavy atom. The Hall–Kier alpha value is -0.860. The van der Waals surface area contributed by atoms with Gasteiger partial charge in [-0.1, -0.05) is 12.8 Å². The predicted octanol–water partition coefficient (Wildman–Crippen LogP) is 3.75. The Labute approximate surface area is 122 Å². The molecule has 0 aromatic rings. The monoisotopic (exact) mass is 280 g/mol. The normalized spacial score (nSPS) is 34.5. The lowest BCUT2D eigenvalue weighted by molar-refractivity contribution is -0.147. The number of hydrogen-bond donors (Lipinski definition) is 0. The van der Waals surface area contributed by atoms with Gasteiger partial charge in [0.15, 0.2) is 0 Å². The summed E-state index contributed by atoms with van der Waals surface area (Å²) in [6, 6.07) is 0. The number of esters is 1. The van der Waals surface area contributed by atoms with E-state index >= 15 is 0 Å².